The van der Waals surface area contributed by atoms with Crippen molar-refractivity contribution in [3.63, 3.8) is 0 Å². The van der Waals surface area contributed by atoms with E-state index >= 15 is 0 Å². The Labute approximate surface area is 121 Å². The first-order valence-electron chi connectivity index (χ1n) is 6.33. The molecule has 0 spiro atoms. The lowest BCUT2D eigenvalue weighted by atomic mass is 10.1. The number of aryl methyl sites for hydroxylation is 2. The van der Waals surface area contributed by atoms with Crippen LogP contribution in [0.4, 0.5) is 5.00 Å². The molecule has 2 aromatic heterocycles. The van der Waals surface area contributed by atoms with E-state index in [0.29, 0.717) is 6.04 Å². The smallest absolute Gasteiger partial charge is 0.117 e. The zero-order valence-electron chi connectivity index (χ0n) is 11.2. The summed E-state index contributed by atoms with van der Waals surface area (Å²) in [5.41, 5.74) is 2.46. The van der Waals surface area contributed by atoms with E-state index in [2.05, 4.69) is 54.7 Å². The van der Waals surface area contributed by atoms with Crippen LogP contribution in [0.15, 0.2) is 30.3 Å². The minimum atomic E-state index is 0.314. The van der Waals surface area contributed by atoms with Crippen LogP contribution in [0.3, 0.4) is 0 Å². The summed E-state index contributed by atoms with van der Waals surface area (Å²) >= 11 is 3.40. The topological polar surface area (TPSA) is 24.9 Å². The van der Waals surface area contributed by atoms with E-state index in [1.807, 2.05) is 17.4 Å². The van der Waals surface area contributed by atoms with Crippen LogP contribution in [-0.2, 0) is 0 Å². The van der Waals surface area contributed by atoms with Crippen LogP contribution in [0, 0.1) is 13.8 Å². The Balaban J connectivity index is 1.91. The quantitative estimate of drug-likeness (QED) is 0.721. The van der Waals surface area contributed by atoms with Gasteiger partial charge in [0, 0.05) is 15.1 Å². The Morgan fingerprint density at radius 3 is 2.74 bits per heavy atom. The molecule has 4 heteroatoms. The number of aromatic nitrogens is 1. The van der Waals surface area contributed by atoms with Crippen LogP contribution >= 0.6 is 22.9 Å². The molecular formula is C15H16N2S2. The molecule has 0 radical (unpaired) electrons. The van der Waals surface area contributed by atoms with Crippen LogP contribution in [0.2, 0.25) is 0 Å². The van der Waals surface area contributed by atoms with Gasteiger partial charge < -0.3 is 5.32 Å². The maximum atomic E-state index is 4.47. The van der Waals surface area contributed by atoms with Gasteiger partial charge >= 0.3 is 0 Å². The molecule has 3 aromatic rings. The molecule has 0 fully saturated rings. The van der Waals surface area contributed by atoms with Crippen LogP contribution in [-0.4, -0.2) is 4.37 Å². The Morgan fingerprint density at radius 1 is 1.21 bits per heavy atom. The van der Waals surface area contributed by atoms with Crippen molar-refractivity contribution in [1.82, 2.24) is 4.37 Å². The number of rotatable bonds is 3. The molecule has 0 bridgehead atoms. The van der Waals surface area contributed by atoms with Crippen molar-refractivity contribution in [2.45, 2.75) is 26.8 Å². The Hall–Kier alpha value is -1.39. The molecule has 0 aliphatic rings. The van der Waals surface area contributed by atoms with Crippen molar-refractivity contribution >= 4 is 38.8 Å². The number of hydrogen-bond donors (Lipinski definition) is 1. The highest BCUT2D eigenvalue weighted by Gasteiger charge is 2.13. The Bertz CT molecular complexity index is 712. The first-order chi connectivity index (χ1) is 9.15. The van der Waals surface area contributed by atoms with Crippen molar-refractivity contribution in [3.05, 3.63) is 45.6 Å². The average molecular weight is 288 g/mol. The Kier molecular flexibility index (Phi) is 3.29. The van der Waals surface area contributed by atoms with E-state index in [9.17, 15) is 0 Å². The fourth-order valence-corrected chi connectivity index (χ4v) is 4.22. The molecule has 98 valence electrons. The number of nitrogens with zero attached hydrogens (tertiary/aromatic N) is 1. The van der Waals surface area contributed by atoms with Crippen LogP contribution in [0.25, 0.3) is 10.9 Å². The van der Waals surface area contributed by atoms with Crippen molar-refractivity contribution in [3.8, 4) is 0 Å². The second-order valence-electron chi connectivity index (χ2n) is 4.76. The van der Waals surface area contributed by atoms with Gasteiger partial charge in [-0.2, -0.15) is 4.37 Å². The SMILES string of the molecule is Cc1cc(C(C)Nc2snc3ccccc23)c(C)s1. The van der Waals surface area contributed by atoms with E-state index in [1.165, 1.54) is 20.7 Å². The maximum absolute atomic E-state index is 4.47. The van der Waals surface area contributed by atoms with Gasteiger partial charge in [-0.15, -0.1) is 11.3 Å². The summed E-state index contributed by atoms with van der Waals surface area (Å²) in [6.45, 7) is 6.56. The molecule has 3 rings (SSSR count). The first kappa shape index (κ1) is 12.6. The second-order valence-corrected chi connectivity index (χ2v) is 7.00. The second kappa shape index (κ2) is 4.94. The zero-order chi connectivity index (χ0) is 13.4. The lowest BCUT2D eigenvalue weighted by Gasteiger charge is -2.13. The van der Waals surface area contributed by atoms with Crippen molar-refractivity contribution in [2.24, 2.45) is 0 Å². The molecule has 1 atom stereocenters. The zero-order valence-corrected chi connectivity index (χ0v) is 12.9. The summed E-state index contributed by atoms with van der Waals surface area (Å²) < 4.78 is 4.47. The standard InChI is InChI=1S/C15H16N2S2/c1-9-8-13(11(3)18-9)10(2)16-15-12-6-4-5-7-14(12)17-19-15/h4-8,10,16H,1-3H3. The van der Waals surface area contributed by atoms with Gasteiger partial charge in [-0.05, 0) is 56.1 Å². The summed E-state index contributed by atoms with van der Waals surface area (Å²) in [5.74, 6) is 0. The number of nitrogens with one attached hydrogen (secondary N) is 1. The number of benzene rings is 1. The van der Waals surface area contributed by atoms with E-state index in [4.69, 9.17) is 0 Å². The van der Waals surface area contributed by atoms with Crippen LogP contribution in [0.5, 0.6) is 0 Å². The third-order valence-electron chi connectivity index (χ3n) is 3.28. The largest absolute Gasteiger partial charge is 0.369 e. The highest BCUT2D eigenvalue weighted by molar-refractivity contribution is 7.12. The highest BCUT2D eigenvalue weighted by Crippen LogP contribution is 2.33. The van der Waals surface area contributed by atoms with E-state index in [1.54, 1.807) is 11.5 Å². The van der Waals surface area contributed by atoms with E-state index in [0.717, 1.165) is 10.5 Å². The summed E-state index contributed by atoms with van der Waals surface area (Å²) in [7, 11) is 0. The van der Waals surface area contributed by atoms with Gasteiger partial charge in [0.2, 0.25) is 0 Å². The summed E-state index contributed by atoms with van der Waals surface area (Å²) in [6.07, 6.45) is 0. The molecule has 2 heterocycles. The molecular weight excluding hydrogens is 272 g/mol. The van der Waals surface area contributed by atoms with Gasteiger partial charge in [0.15, 0.2) is 0 Å². The third-order valence-corrected chi connectivity index (χ3v) is 5.07. The molecule has 1 N–H and O–H groups in total. The maximum Gasteiger partial charge on any atom is 0.117 e. The van der Waals surface area contributed by atoms with E-state index < -0.39 is 0 Å². The first-order valence-corrected chi connectivity index (χ1v) is 7.92. The van der Waals surface area contributed by atoms with Crippen molar-refractivity contribution in [1.29, 1.82) is 0 Å². The number of anilines is 1. The lowest BCUT2D eigenvalue weighted by Crippen LogP contribution is -2.05. The van der Waals surface area contributed by atoms with Gasteiger partial charge in [-0.3, -0.25) is 0 Å². The number of fused-ring (bicyclic) bond motifs is 1. The molecule has 0 aliphatic carbocycles. The molecule has 0 saturated carbocycles. The summed E-state index contributed by atoms with van der Waals surface area (Å²) in [5, 5.41) is 5.97. The molecule has 1 unspecified atom stereocenters. The lowest BCUT2D eigenvalue weighted by molar-refractivity contribution is 0.888. The minimum absolute atomic E-state index is 0.314. The molecule has 19 heavy (non-hydrogen) atoms. The summed E-state index contributed by atoms with van der Waals surface area (Å²) in [6, 6.07) is 10.9. The molecule has 0 aliphatic heterocycles. The van der Waals surface area contributed by atoms with Gasteiger partial charge in [-0.1, -0.05) is 12.1 Å². The van der Waals surface area contributed by atoms with E-state index in [-0.39, 0.29) is 0 Å². The predicted molar refractivity (Wildman–Crippen MR) is 85.5 cm³/mol. The number of thiophene rings is 1. The van der Waals surface area contributed by atoms with Crippen LogP contribution in [0.1, 0.15) is 28.3 Å². The van der Waals surface area contributed by atoms with Gasteiger partial charge in [-0.25, -0.2) is 0 Å². The van der Waals surface area contributed by atoms with Crippen molar-refractivity contribution < 1.29 is 0 Å². The molecule has 0 saturated heterocycles. The third kappa shape index (κ3) is 2.38. The molecule has 0 amide bonds. The monoisotopic (exact) mass is 288 g/mol. The van der Waals surface area contributed by atoms with Gasteiger partial charge in [0.1, 0.15) is 5.00 Å². The fourth-order valence-electron chi connectivity index (χ4n) is 2.35. The fraction of sp³-hybridized carbons (Fsp3) is 0.267. The molecule has 1 aromatic carbocycles. The normalized spacial score (nSPS) is 12.8. The molecule has 2 nitrogen and oxygen atoms in total. The summed E-state index contributed by atoms with van der Waals surface area (Å²) in [4.78, 5) is 2.77. The average Bonchev–Trinajstić information content (AvgIpc) is 2.94. The minimum Gasteiger partial charge on any atom is -0.369 e. The Morgan fingerprint density at radius 2 is 2.00 bits per heavy atom. The van der Waals surface area contributed by atoms with Gasteiger partial charge in [0.05, 0.1) is 11.6 Å². The highest BCUT2D eigenvalue weighted by atomic mass is 32.1. The number of hydrogen-bond acceptors (Lipinski definition) is 4. The van der Waals surface area contributed by atoms with Crippen LogP contribution < -0.4 is 5.32 Å². The van der Waals surface area contributed by atoms with Crippen molar-refractivity contribution in [2.75, 3.05) is 5.32 Å². The van der Waals surface area contributed by atoms with Gasteiger partial charge in [0.25, 0.3) is 0 Å². The predicted octanol–water partition coefficient (Wildman–Crippen LogP) is 5.15.